The Labute approximate surface area is 112 Å². The van der Waals surface area contributed by atoms with Crippen molar-refractivity contribution in [1.82, 2.24) is 0 Å². The maximum atomic E-state index is 9.92. The number of rotatable bonds is 3. The summed E-state index contributed by atoms with van der Waals surface area (Å²) in [6.07, 6.45) is -4.57. The Morgan fingerprint density at radius 3 is 2.26 bits per heavy atom. The van der Waals surface area contributed by atoms with Gasteiger partial charge in [0.25, 0.3) is 0 Å². The highest BCUT2D eigenvalue weighted by Crippen LogP contribution is 2.29. The van der Waals surface area contributed by atoms with Gasteiger partial charge in [0.05, 0.1) is 19.3 Å². The summed E-state index contributed by atoms with van der Waals surface area (Å²) < 4.78 is 21.4. The van der Waals surface area contributed by atoms with Crippen LogP contribution >= 0.6 is 0 Å². The fourth-order valence-electron chi connectivity index (χ4n) is 2.27. The van der Waals surface area contributed by atoms with Gasteiger partial charge in [0.15, 0.2) is 12.6 Å². The van der Waals surface area contributed by atoms with Crippen molar-refractivity contribution < 1.29 is 29.2 Å². The van der Waals surface area contributed by atoms with E-state index in [0.717, 1.165) is 0 Å². The molecule has 7 heteroatoms. The molecule has 0 aromatic heterocycles. The molecule has 0 unspecified atom stereocenters. The van der Waals surface area contributed by atoms with Crippen molar-refractivity contribution in [2.45, 2.75) is 50.8 Å². The number of hydrogen-bond donors (Lipinski definition) is 3. The standard InChI is InChI=1S/C12H23NO6/c1-12(2)4-17-10(18-5-12)6(13)9-7(14)8(15)11(16-3)19-9/h6-11,14-15H,4-5,13H2,1-3H3/t6-,7-,8-,9-,11-/m0/s1. The third-order valence-corrected chi connectivity index (χ3v) is 3.46. The Bertz CT molecular complexity index is 303. The molecule has 0 aliphatic carbocycles. The lowest BCUT2D eigenvalue weighted by Crippen LogP contribution is -2.55. The number of aliphatic hydroxyl groups excluding tert-OH is 2. The minimum absolute atomic E-state index is 0.0556. The van der Waals surface area contributed by atoms with E-state index < -0.39 is 36.9 Å². The minimum Gasteiger partial charge on any atom is -0.387 e. The molecule has 0 bridgehead atoms. The molecule has 0 saturated carbocycles. The summed E-state index contributed by atoms with van der Waals surface area (Å²) in [7, 11) is 1.39. The van der Waals surface area contributed by atoms with Crippen molar-refractivity contribution in [2.24, 2.45) is 11.1 Å². The zero-order chi connectivity index (χ0) is 14.2. The average molecular weight is 277 g/mol. The monoisotopic (exact) mass is 277 g/mol. The quantitative estimate of drug-likeness (QED) is 0.595. The number of ether oxygens (including phenoxy) is 4. The third kappa shape index (κ3) is 3.08. The van der Waals surface area contributed by atoms with Crippen LogP contribution in [0.4, 0.5) is 0 Å². The first-order chi connectivity index (χ1) is 8.85. The van der Waals surface area contributed by atoms with Gasteiger partial charge in [-0.05, 0) is 0 Å². The molecular weight excluding hydrogens is 254 g/mol. The molecule has 2 aliphatic rings. The first-order valence-corrected chi connectivity index (χ1v) is 6.39. The van der Waals surface area contributed by atoms with Crippen LogP contribution in [-0.2, 0) is 18.9 Å². The Balaban J connectivity index is 1.95. The number of aliphatic hydroxyl groups is 2. The van der Waals surface area contributed by atoms with Crippen molar-refractivity contribution in [3.8, 4) is 0 Å². The molecule has 4 N–H and O–H groups in total. The van der Waals surface area contributed by atoms with Crippen molar-refractivity contribution in [3.63, 3.8) is 0 Å². The zero-order valence-corrected chi connectivity index (χ0v) is 11.5. The van der Waals surface area contributed by atoms with Crippen LogP contribution in [0.1, 0.15) is 13.8 Å². The Hall–Kier alpha value is -0.280. The highest BCUT2D eigenvalue weighted by molar-refractivity contribution is 4.94. The zero-order valence-electron chi connectivity index (χ0n) is 11.5. The van der Waals surface area contributed by atoms with Crippen molar-refractivity contribution in [1.29, 1.82) is 0 Å². The first kappa shape index (κ1) is 15.1. The van der Waals surface area contributed by atoms with Gasteiger partial charge in [0, 0.05) is 12.5 Å². The summed E-state index contributed by atoms with van der Waals surface area (Å²) in [4.78, 5) is 0. The molecule has 2 heterocycles. The molecule has 0 radical (unpaired) electrons. The highest BCUT2D eigenvalue weighted by atomic mass is 16.7. The van der Waals surface area contributed by atoms with E-state index >= 15 is 0 Å². The number of methoxy groups -OCH3 is 1. The molecule has 19 heavy (non-hydrogen) atoms. The predicted molar refractivity (Wildman–Crippen MR) is 65.1 cm³/mol. The maximum Gasteiger partial charge on any atom is 0.186 e. The molecule has 0 amide bonds. The summed E-state index contributed by atoms with van der Waals surface area (Å²) in [6, 6.07) is -0.694. The third-order valence-electron chi connectivity index (χ3n) is 3.46. The normalized spacial score (nSPS) is 41.4. The van der Waals surface area contributed by atoms with E-state index in [1.807, 2.05) is 13.8 Å². The molecule has 5 atom stereocenters. The van der Waals surface area contributed by atoms with E-state index in [4.69, 9.17) is 24.7 Å². The lowest BCUT2D eigenvalue weighted by Gasteiger charge is -2.38. The van der Waals surface area contributed by atoms with E-state index in [9.17, 15) is 10.2 Å². The fourth-order valence-corrected chi connectivity index (χ4v) is 2.27. The average Bonchev–Trinajstić information content (AvgIpc) is 2.65. The van der Waals surface area contributed by atoms with Gasteiger partial charge in [-0.1, -0.05) is 13.8 Å². The van der Waals surface area contributed by atoms with Gasteiger partial charge < -0.3 is 34.9 Å². The lowest BCUT2D eigenvalue weighted by atomic mass is 9.95. The molecule has 0 spiro atoms. The van der Waals surface area contributed by atoms with E-state index in [1.165, 1.54) is 7.11 Å². The number of hydrogen-bond acceptors (Lipinski definition) is 7. The summed E-state index contributed by atoms with van der Waals surface area (Å²) >= 11 is 0. The molecule has 112 valence electrons. The van der Waals surface area contributed by atoms with Gasteiger partial charge in [-0.3, -0.25) is 0 Å². The Morgan fingerprint density at radius 2 is 1.79 bits per heavy atom. The fraction of sp³-hybridized carbons (Fsp3) is 1.00. The van der Waals surface area contributed by atoms with E-state index in [0.29, 0.717) is 13.2 Å². The second-order valence-corrected chi connectivity index (χ2v) is 5.92. The molecule has 0 aromatic rings. The summed E-state index contributed by atoms with van der Waals surface area (Å²) in [6.45, 7) is 5.09. The molecule has 2 saturated heterocycles. The van der Waals surface area contributed by atoms with Crippen LogP contribution in [0.2, 0.25) is 0 Å². The van der Waals surface area contributed by atoms with Crippen LogP contribution in [-0.4, -0.2) is 67.5 Å². The van der Waals surface area contributed by atoms with E-state index in [1.54, 1.807) is 0 Å². The van der Waals surface area contributed by atoms with E-state index in [2.05, 4.69) is 0 Å². The second kappa shape index (κ2) is 5.61. The number of nitrogens with two attached hydrogens (primary N) is 1. The molecule has 2 fully saturated rings. The summed E-state index contributed by atoms with van der Waals surface area (Å²) in [5, 5.41) is 19.6. The van der Waals surface area contributed by atoms with Gasteiger partial charge in [-0.2, -0.15) is 0 Å². The smallest absolute Gasteiger partial charge is 0.186 e. The minimum atomic E-state index is -1.12. The van der Waals surface area contributed by atoms with Gasteiger partial charge in [0.1, 0.15) is 18.3 Å². The van der Waals surface area contributed by atoms with Gasteiger partial charge in [-0.25, -0.2) is 0 Å². The van der Waals surface area contributed by atoms with Crippen LogP contribution in [0.5, 0.6) is 0 Å². The highest BCUT2D eigenvalue weighted by Gasteiger charge is 2.48. The Morgan fingerprint density at radius 1 is 1.21 bits per heavy atom. The van der Waals surface area contributed by atoms with Crippen molar-refractivity contribution >= 4 is 0 Å². The van der Waals surface area contributed by atoms with Gasteiger partial charge in [-0.15, -0.1) is 0 Å². The van der Waals surface area contributed by atoms with Crippen molar-refractivity contribution in [3.05, 3.63) is 0 Å². The van der Waals surface area contributed by atoms with Crippen LogP contribution in [0, 0.1) is 5.41 Å². The van der Waals surface area contributed by atoms with E-state index in [-0.39, 0.29) is 5.41 Å². The molecule has 0 aromatic carbocycles. The molecule has 2 rings (SSSR count). The Kier molecular flexibility index (Phi) is 4.46. The van der Waals surface area contributed by atoms with Crippen LogP contribution < -0.4 is 5.73 Å². The van der Waals surface area contributed by atoms with Crippen molar-refractivity contribution in [2.75, 3.05) is 20.3 Å². The SMILES string of the molecule is CO[C@H]1O[C@@H]([C@H](N)C2OCC(C)(C)CO2)[C@@H](O)[C@@H]1O. The maximum absolute atomic E-state index is 9.92. The van der Waals surface area contributed by atoms with Crippen LogP contribution in [0.25, 0.3) is 0 Å². The van der Waals surface area contributed by atoms with Crippen LogP contribution in [0.3, 0.4) is 0 Å². The molecule has 7 nitrogen and oxygen atoms in total. The predicted octanol–water partition coefficient (Wildman–Crippen LogP) is -1.19. The first-order valence-electron chi connectivity index (χ1n) is 6.39. The summed E-state index contributed by atoms with van der Waals surface area (Å²) in [5.41, 5.74) is 5.95. The largest absolute Gasteiger partial charge is 0.387 e. The second-order valence-electron chi connectivity index (χ2n) is 5.92. The van der Waals surface area contributed by atoms with Gasteiger partial charge in [0.2, 0.25) is 0 Å². The topological polar surface area (TPSA) is 103 Å². The van der Waals surface area contributed by atoms with Crippen LogP contribution in [0.15, 0.2) is 0 Å². The lowest BCUT2D eigenvalue weighted by molar-refractivity contribution is -0.246. The molecule has 2 aliphatic heterocycles. The molecular formula is C12H23NO6. The van der Waals surface area contributed by atoms with Gasteiger partial charge >= 0.3 is 0 Å². The summed E-state index contributed by atoms with van der Waals surface area (Å²) in [5.74, 6) is 0.